The van der Waals surface area contributed by atoms with Crippen LogP contribution in [0.15, 0.2) is 173 Å². The number of hydrogen-bond acceptors (Lipinski definition) is 0. The second kappa shape index (κ2) is 18.0. The Bertz CT molecular complexity index is 1730. The van der Waals surface area contributed by atoms with E-state index in [9.17, 15) is 0 Å². The predicted octanol–water partition coefficient (Wildman–Crippen LogP) is 12.1. The van der Waals surface area contributed by atoms with Gasteiger partial charge in [0.15, 0.2) is 0 Å². The van der Waals surface area contributed by atoms with Crippen LogP contribution in [0.4, 0.5) is 0 Å². The second-order valence-electron chi connectivity index (χ2n) is 13.2. The second-order valence-corrected chi connectivity index (χ2v) is 18.6. The molecule has 2 atom stereocenters. The van der Waals surface area contributed by atoms with E-state index in [-0.39, 0.29) is 6.16 Å². The van der Waals surface area contributed by atoms with Gasteiger partial charge in [-0.2, -0.15) is 34.4 Å². The van der Waals surface area contributed by atoms with E-state index in [1.165, 1.54) is 67.9 Å². The molecule has 4 aliphatic carbocycles. The molecule has 0 amide bonds. The van der Waals surface area contributed by atoms with Gasteiger partial charge in [0.1, 0.15) is 0 Å². The molecule has 0 N–H and O–H groups in total. The number of fused-ring (bicyclic) bond motifs is 2. The van der Waals surface area contributed by atoms with E-state index in [0.29, 0.717) is 23.7 Å². The molecule has 0 aliphatic heterocycles. The first-order chi connectivity index (χ1) is 23.7. The first-order valence-electron chi connectivity index (χ1n) is 17.2. The van der Waals surface area contributed by atoms with Gasteiger partial charge in [-0.05, 0) is 47.6 Å². The Labute approximate surface area is 320 Å². The summed E-state index contributed by atoms with van der Waals surface area (Å²) in [6.45, 7) is 8.94. The molecule has 7 rings (SSSR count). The van der Waals surface area contributed by atoms with Gasteiger partial charge in [-0.1, -0.05) is 101 Å². The van der Waals surface area contributed by atoms with Gasteiger partial charge in [-0.25, -0.2) is 0 Å². The van der Waals surface area contributed by atoms with Crippen molar-refractivity contribution in [3.63, 3.8) is 0 Å². The molecule has 0 saturated heterocycles. The normalized spacial score (nSPS) is 19.3. The van der Waals surface area contributed by atoms with Gasteiger partial charge in [-0.15, -0.1) is 47.6 Å². The van der Waals surface area contributed by atoms with Crippen molar-refractivity contribution in [2.75, 3.05) is 0 Å². The van der Waals surface area contributed by atoms with Crippen molar-refractivity contribution in [1.82, 2.24) is 0 Å². The molecule has 0 spiro atoms. The summed E-state index contributed by atoms with van der Waals surface area (Å²) in [4.78, 5) is 0. The molecule has 3 aromatic rings. The minimum absolute atomic E-state index is 0.124. The predicted molar refractivity (Wildman–Crippen MR) is 208 cm³/mol. The third-order valence-corrected chi connectivity index (χ3v) is 16.8. The number of benzene rings is 3. The maximum absolute atomic E-state index is 6.07. The molecule has 0 heterocycles. The first-order valence-corrected chi connectivity index (χ1v) is 23.3. The third-order valence-electron chi connectivity index (χ3n) is 9.08. The Balaban J connectivity index is 0.000000149. The van der Waals surface area contributed by atoms with Crippen LogP contribution in [0.1, 0.15) is 69.1 Å². The summed E-state index contributed by atoms with van der Waals surface area (Å²) in [5.41, 5.74) is 11.9. The summed E-state index contributed by atoms with van der Waals surface area (Å²) in [6, 6.07) is 31.4. The van der Waals surface area contributed by atoms with Gasteiger partial charge >= 0.3 is 92.5 Å². The molecule has 246 valence electrons. The van der Waals surface area contributed by atoms with Crippen molar-refractivity contribution >= 4 is 29.4 Å². The van der Waals surface area contributed by atoms with Crippen LogP contribution in [0.2, 0.25) is 0 Å². The molecule has 0 saturated carbocycles. The molecule has 0 nitrogen and oxygen atoms in total. The third kappa shape index (κ3) is 9.95. The van der Waals surface area contributed by atoms with E-state index in [2.05, 4.69) is 149 Å². The van der Waals surface area contributed by atoms with Crippen molar-refractivity contribution < 1.29 is 23.3 Å². The zero-order chi connectivity index (χ0) is 34.8. The van der Waals surface area contributed by atoms with Gasteiger partial charge in [0, 0.05) is 0 Å². The van der Waals surface area contributed by atoms with Crippen LogP contribution in [0.25, 0.3) is 0 Å². The van der Waals surface area contributed by atoms with E-state index in [4.69, 9.17) is 23.2 Å². The maximum atomic E-state index is 6.07. The van der Waals surface area contributed by atoms with E-state index >= 15 is 0 Å². The Morgan fingerprint density at radius 2 is 1.02 bits per heavy atom. The molecule has 0 aromatic heterocycles. The Morgan fingerprint density at radius 1 is 0.633 bits per heavy atom. The van der Waals surface area contributed by atoms with Crippen LogP contribution >= 0.6 is 23.2 Å². The summed E-state index contributed by atoms with van der Waals surface area (Å²) < 4.78 is -0.598. The van der Waals surface area contributed by atoms with E-state index in [1.807, 2.05) is 30.3 Å². The summed E-state index contributed by atoms with van der Waals surface area (Å²) >= 11 is 13.6. The molecule has 0 fully saturated rings. The Kier molecular flexibility index (Phi) is 13.8. The number of alkyl halides is 2. The minimum atomic E-state index is -0.598. The average molecular weight is 775 g/mol. The van der Waals surface area contributed by atoms with Crippen molar-refractivity contribution in [1.29, 1.82) is 0 Å². The van der Waals surface area contributed by atoms with Crippen LogP contribution in [0.5, 0.6) is 0 Å². The molecular formula is C45H44Cl2SiZr. The molecule has 4 aliphatic rings. The topological polar surface area (TPSA) is 0 Å². The zero-order valence-corrected chi connectivity index (χ0v) is 34.0. The van der Waals surface area contributed by atoms with Crippen molar-refractivity contribution in [3.05, 3.63) is 202 Å². The fraction of sp³-hybridized carbons (Fsp3) is 0.244. The number of hydrogen-bond donors (Lipinski definition) is 0. The summed E-state index contributed by atoms with van der Waals surface area (Å²) in [5, 5.41) is 0. The van der Waals surface area contributed by atoms with E-state index < -0.39 is 3.96 Å². The van der Waals surface area contributed by atoms with Crippen LogP contribution in [0, 0.1) is 24.0 Å². The molecule has 0 radical (unpaired) electrons. The number of allylic oxidation sites excluding steroid dienone is 16. The van der Waals surface area contributed by atoms with Crippen molar-refractivity contribution in [2.45, 2.75) is 56.3 Å². The van der Waals surface area contributed by atoms with Gasteiger partial charge in [0.05, 0.1) is 0 Å². The van der Waals surface area contributed by atoms with E-state index in [0.717, 1.165) is 18.4 Å². The van der Waals surface area contributed by atoms with Gasteiger partial charge in [0.25, 0.3) is 0 Å². The molecule has 2 unspecified atom stereocenters. The average Bonchev–Trinajstić information content (AvgIpc) is 3.63. The van der Waals surface area contributed by atoms with Crippen LogP contribution in [-0.2, 0) is 27.3 Å². The fourth-order valence-corrected chi connectivity index (χ4v) is 8.09. The summed E-state index contributed by atoms with van der Waals surface area (Å²) in [6.07, 6.45) is 27.4. The monoisotopic (exact) mass is 772 g/mol. The Hall–Kier alpha value is -2.74. The summed E-state index contributed by atoms with van der Waals surface area (Å²) in [7, 11) is 0. The summed E-state index contributed by atoms with van der Waals surface area (Å²) in [5.74, 6) is 2.02. The molecule has 3 aromatic carbocycles. The SMILES string of the molecule is CC(C)C1=[C-]C2=CC=CCC(c3ccccc3)C2=C1.CC(C)C1=[C-]C2=CC=CCC(c3ccccc3)C2=C1.ClC(Cl)([SiH]=[Zr+2])c1ccccc1. The van der Waals surface area contributed by atoms with Crippen molar-refractivity contribution in [3.8, 4) is 0 Å². The quantitative estimate of drug-likeness (QED) is 0.133. The molecule has 49 heavy (non-hydrogen) atoms. The van der Waals surface area contributed by atoms with Crippen LogP contribution in [-0.4, -0.2) is 6.16 Å². The zero-order valence-electron chi connectivity index (χ0n) is 28.8. The fourth-order valence-electron chi connectivity index (χ4n) is 6.25. The number of rotatable bonds is 6. The van der Waals surface area contributed by atoms with Crippen molar-refractivity contribution in [2.24, 2.45) is 11.8 Å². The number of halogens is 2. The van der Waals surface area contributed by atoms with Gasteiger partial charge < -0.3 is 0 Å². The molecule has 0 bridgehead atoms. The van der Waals surface area contributed by atoms with Gasteiger partial charge in [-0.3, -0.25) is 0 Å². The standard InChI is InChI=1S/2C19H19.C7H6Cl2Si.Zr/c2*1-14(2)17-12-16-10-6-7-11-18(19(16)13-17)15-8-4-3-5-9-15;8-7(9,10)6-4-2-1-3-5-6;/h2*3-10,13-14,18H,11H2,1-2H3;1-5,10H;/q2*-1;;+2. The van der Waals surface area contributed by atoms with E-state index in [1.54, 1.807) is 0 Å². The van der Waals surface area contributed by atoms with Gasteiger partial charge in [0.2, 0.25) is 0 Å². The Morgan fingerprint density at radius 3 is 1.39 bits per heavy atom. The first kappa shape index (κ1) is 37.5. The van der Waals surface area contributed by atoms with Crippen LogP contribution < -0.4 is 0 Å². The molecular weight excluding hydrogens is 731 g/mol. The van der Waals surface area contributed by atoms with Crippen LogP contribution in [0.3, 0.4) is 0 Å². The molecule has 4 heteroatoms.